The Labute approximate surface area is 131 Å². The second-order valence-corrected chi connectivity index (χ2v) is 5.76. The summed E-state index contributed by atoms with van der Waals surface area (Å²) in [6.07, 6.45) is 5.32. The van der Waals surface area contributed by atoms with E-state index in [1.54, 1.807) is 23.0 Å². The Morgan fingerprint density at radius 1 is 1.36 bits per heavy atom. The van der Waals surface area contributed by atoms with Crippen molar-refractivity contribution in [1.82, 2.24) is 25.1 Å². The lowest BCUT2D eigenvalue weighted by Crippen LogP contribution is -2.28. The Kier molecular flexibility index (Phi) is 3.20. The lowest BCUT2D eigenvalue weighted by molar-refractivity contribution is 0.584. The van der Waals surface area contributed by atoms with E-state index in [4.69, 9.17) is 16.6 Å². The van der Waals surface area contributed by atoms with Crippen LogP contribution in [0.4, 0.5) is 0 Å². The maximum absolute atomic E-state index is 13.0. The van der Waals surface area contributed by atoms with Gasteiger partial charge in [0.05, 0.1) is 33.9 Å². The summed E-state index contributed by atoms with van der Waals surface area (Å²) in [6.45, 7) is 0.930. The molecule has 1 aromatic carbocycles. The topological polar surface area (TPSA) is 75.6 Å². The van der Waals surface area contributed by atoms with Gasteiger partial charge in [0.1, 0.15) is 5.82 Å². The molecule has 0 spiro atoms. The van der Waals surface area contributed by atoms with Gasteiger partial charge < -0.3 is 5.32 Å². The molecule has 1 aliphatic rings. The summed E-state index contributed by atoms with van der Waals surface area (Å²) in [7, 11) is 0. The first kappa shape index (κ1) is 13.5. The summed E-state index contributed by atoms with van der Waals surface area (Å²) >= 11 is 6.22. The van der Waals surface area contributed by atoms with Crippen molar-refractivity contribution in [2.75, 3.05) is 6.54 Å². The molecule has 3 heterocycles. The molecule has 0 radical (unpaired) electrons. The first-order valence-corrected chi connectivity index (χ1v) is 7.57. The molecule has 0 unspecified atom stereocenters. The van der Waals surface area contributed by atoms with E-state index >= 15 is 0 Å². The fraction of sp³-hybridized carbons (Fsp3) is 0.267. The van der Waals surface area contributed by atoms with Gasteiger partial charge in [0.15, 0.2) is 0 Å². The predicted octanol–water partition coefficient (Wildman–Crippen LogP) is 2.19. The van der Waals surface area contributed by atoms with E-state index in [9.17, 15) is 4.79 Å². The number of nitrogens with one attached hydrogen (secondary N) is 2. The maximum Gasteiger partial charge on any atom is 0.267 e. The maximum atomic E-state index is 13.0. The third kappa shape index (κ3) is 2.03. The van der Waals surface area contributed by atoms with Crippen LogP contribution in [0.25, 0.3) is 16.6 Å². The van der Waals surface area contributed by atoms with Crippen LogP contribution in [0.15, 0.2) is 35.4 Å². The van der Waals surface area contributed by atoms with Crippen molar-refractivity contribution >= 4 is 22.5 Å². The standard InChI is InChI=1S/C15H14ClN5O/c16-10-3-1-4-11-13(10)15(22)21(9-7-18-19-8-9)14(20-11)12-5-2-6-17-12/h1,3-4,7-8,12,17H,2,5-6H2,(H,18,19)/t12-/m0/s1. The highest BCUT2D eigenvalue weighted by atomic mass is 35.5. The van der Waals surface area contributed by atoms with Gasteiger partial charge in [-0.05, 0) is 31.5 Å². The zero-order chi connectivity index (χ0) is 15.1. The molecular weight excluding hydrogens is 302 g/mol. The number of rotatable bonds is 2. The molecule has 0 bridgehead atoms. The van der Waals surface area contributed by atoms with E-state index in [1.807, 2.05) is 12.1 Å². The van der Waals surface area contributed by atoms with Crippen molar-refractivity contribution in [3.8, 4) is 5.69 Å². The molecule has 1 atom stereocenters. The van der Waals surface area contributed by atoms with Crippen LogP contribution >= 0.6 is 11.6 Å². The number of benzene rings is 1. The molecule has 22 heavy (non-hydrogen) atoms. The van der Waals surface area contributed by atoms with Gasteiger partial charge in [0, 0.05) is 6.20 Å². The summed E-state index contributed by atoms with van der Waals surface area (Å²) in [5, 5.41) is 10.9. The molecule has 4 rings (SSSR count). The molecule has 112 valence electrons. The van der Waals surface area contributed by atoms with Crippen LogP contribution in [-0.2, 0) is 0 Å². The number of halogens is 1. The molecule has 6 nitrogen and oxygen atoms in total. The number of aromatic nitrogens is 4. The Morgan fingerprint density at radius 3 is 3.00 bits per heavy atom. The zero-order valence-corrected chi connectivity index (χ0v) is 12.5. The lowest BCUT2D eigenvalue weighted by atomic mass is 10.1. The highest BCUT2D eigenvalue weighted by molar-refractivity contribution is 6.35. The summed E-state index contributed by atoms with van der Waals surface area (Å²) in [6, 6.07) is 5.40. The highest BCUT2D eigenvalue weighted by Crippen LogP contribution is 2.26. The summed E-state index contributed by atoms with van der Waals surface area (Å²) in [5.74, 6) is 0.707. The van der Waals surface area contributed by atoms with Crippen LogP contribution in [0.5, 0.6) is 0 Å². The minimum atomic E-state index is -0.166. The fourth-order valence-electron chi connectivity index (χ4n) is 2.96. The van der Waals surface area contributed by atoms with Gasteiger partial charge in [-0.25, -0.2) is 4.98 Å². The van der Waals surface area contributed by atoms with Gasteiger partial charge in [-0.1, -0.05) is 17.7 Å². The SMILES string of the molecule is O=c1c2c(Cl)cccc2nc([C@@H]2CCCN2)n1-c1cn[nH]c1. The molecule has 2 aromatic heterocycles. The minimum absolute atomic E-state index is 0.0611. The van der Waals surface area contributed by atoms with E-state index in [1.165, 1.54) is 0 Å². The Bertz CT molecular complexity index is 881. The molecule has 0 saturated carbocycles. The second-order valence-electron chi connectivity index (χ2n) is 5.35. The highest BCUT2D eigenvalue weighted by Gasteiger charge is 2.24. The van der Waals surface area contributed by atoms with Crippen LogP contribution < -0.4 is 10.9 Å². The average molecular weight is 316 g/mol. The lowest BCUT2D eigenvalue weighted by Gasteiger charge is -2.17. The normalized spacial score (nSPS) is 18.1. The quantitative estimate of drug-likeness (QED) is 0.760. The largest absolute Gasteiger partial charge is 0.307 e. The molecule has 1 aliphatic heterocycles. The molecule has 0 amide bonds. The average Bonchev–Trinajstić information content (AvgIpc) is 3.20. The number of nitrogens with zero attached hydrogens (tertiary/aromatic N) is 3. The van der Waals surface area contributed by atoms with E-state index in [0.717, 1.165) is 19.4 Å². The zero-order valence-electron chi connectivity index (χ0n) is 11.7. The van der Waals surface area contributed by atoms with Gasteiger partial charge in [0.25, 0.3) is 5.56 Å². The molecule has 2 N–H and O–H groups in total. The van der Waals surface area contributed by atoms with Crippen molar-refractivity contribution in [3.63, 3.8) is 0 Å². The number of fused-ring (bicyclic) bond motifs is 1. The minimum Gasteiger partial charge on any atom is -0.307 e. The van der Waals surface area contributed by atoms with Crippen molar-refractivity contribution in [2.24, 2.45) is 0 Å². The van der Waals surface area contributed by atoms with Crippen LogP contribution in [0, 0.1) is 0 Å². The van der Waals surface area contributed by atoms with Crippen molar-refractivity contribution in [3.05, 3.63) is 51.8 Å². The van der Waals surface area contributed by atoms with Crippen molar-refractivity contribution in [2.45, 2.75) is 18.9 Å². The Balaban J connectivity index is 2.08. The molecule has 7 heteroatoms. The number of aromatic amines is 1. The van der Waals surface area contributed by atoms with Crippen molar-refractivity contribution in [1.29, 1.82) is 0 Å². The van der Waals surface area contributed by atoms with Crippen LogP contribution in [0.2, 0.25) is 5.02 Å². The smallest absolute Gasteiger partial charge is 0.267 e. The van der Waals surface area contributed by atoms with E-state index in [2.05, 4.69) is 15.5 Å². The van der Waals surface area contributed by atoms with Gasteiger partial charge in [-0.15, -0.1) is 0 Å². The summed E-state index contributed by atoms with van der Waals surface area (Å²) in [5.41, 5.74) is 1.13. The Morgan fingerprint density at radius 2 is 2.27 bits per heavy atom. The summed E-state index contributed by atoms with van der Waals surface area (Å²) in [4.78, 5) is 17.7. The van der Waals surface area contributed by atoms with Crippen LogP contribution in [0.3, 0.4) is 0 Å². The van der Waals surface area contributed by atoms with Gasteiger partial charge in [-0.2, -0.15) is 5.10 Å². The predicted molar refractivity (Wildman–Crippen MR) is 84.5 cm³/mol. The molecular formula is C15H14ClN5O. The molecule has 1 fully saturated rings. The number of H-pyrrole nitrogens is 1. The number of hydrogen-bond donors (Lipinski definition) is 2. The summed E-state index contributed by atoms with van der Waals surface area (Å²) < 4.78 is 1.60. The third-order valence-electron chi connectivity index (χ3n) is 3.99. The van der Waals surface area contributed by atoms with Crippen molar-refractivity contribution < 1.29 is 0 Å². The van der Waals surface area contributed by atoms with Gasteiger partial charge in [0.2, 0.25) is 0 Å². The second kappa shape index (κ2) is 5.23. The van der Waals surface area contributed by atoms with Crippen LogP contribution in [0.1, 0.15) is 24.7 Å². The van der Waals surface area contributed by atoms with Gasteiger partial charge >= 0.3 is 0 Å². The molecule has 1 saturated heterocycles. The van der Waals surface area contributed by atoms with Gasteiger partial charge in [-0.3, -0.25) is 14.5 Å². The van der Waals surface area contributed by atoms with E-state index in [0.29, 0.717) is 27.4 Å². The fourth-order valence-corrected chi connectivity index (χ4v) is 3.21. The van der Waals surface area contributed by atoms with Crippen LogP contribution in [-0.4, -0.2) is 26.3 Å². The first-order valence-electron chi connectivity index (χ1n) is 7.19. The monoisotopic (exact) mass is 315 g/mol. The molecule has 3 aromatic rings. The number of hydrogen-bond acceptors (Lipinski definition) is 4. The third-order valence-corrected chi connectivity index (χ3v) is 4.30. The Hall–Kier alpha value is -2.18. The first-order chi connectivity index (χ1) is 10.8. The molecule has 0 aliphatic carbocycles. The van der Waals surface area contributed by atoms with E-state index < -0.39 is 0 Å². The van der Waals surface area contributed by atoms with E-state index in [-0.39, 0.29) is 11.6 Å².